The topological polar surface area (TPSA) is 162 Å². The number of hydrogen-bond donors (Lipinski definition) is 5. The molecule has 0 saturated heterocycles. The van der Waals surface area contributed by atoms with Gasteiger partial charge in [-0.05, 0) is 65.6 Å². The van der Waals surface area contributed by atoms with Crippen LogP contribution >= 0.6 is 0 Å². The van der Waals surface area contributed by atoms with Crippen molar-refractivity contribution in [1.82, 2.24) is 4.90 Å². The average Bonchev–Trinajstić information content (AvgIpc) is 3.04. The first-order chi connectivity index (χ1) is 21.6. The van der Waals surface area contributed by atoms with Crippen molar-refractivity contribution in [2.45, 2.75) is 19.0 Å². The van der Waals surface area contributed by atoms with E-state index in [1.54, 1.807) is 21.3 Å². The van der Waals surface area contributed by atoms with Crippen LogP contribution in [0, 0.1) is 0 Å². The zero-order valence-corrected chi connectivity index (χ0v) is 24.7. The van der Waals surface area contributed by atoms with Gasteiger partial charge >= 0.3 is 0 Å². The number of methoxy groups -OCH3 is 3. The van der Waals surface area contributed by atoms with Crippen LogP contribution in [0.1, 0.15) is 28.3 Å². The lowest BCUT2D eigenvalue weighted by Crippen LogP contribution is -2.36. The smallest absolute Gasteiger partial charge is 0.238 e. The summed E-state index contributed by atoms with van der Waals surface area (Å²) in [5, 5.41) is 52.1. The molecule has 0 spiro atoms. The second-order valence-electron chi connectivity index (χ2n) is 10.7. The fourth-order valence-electron chi connectivity index (χ4n) is 5.94. The Morgan fingerprint density at radius 2 is 1.51 bits per heavy atom. The molecule has 1 unspecified atom stereocenters. The number of aromatic hydroxyl groups is 5. The van der Waals surface area contributed by atoms with Crippen molar-refractivity contribution in [3.05, 3.63) is 93.1 Å². The number of fused-ring (bicyclic) bond motifs is 2. The Morgan fingerprint density at radius 3 is 2.18 bits per heavy atom. The van der Waals surface area contributed by atoms with Crippen molar-refractivity contribution in [2.75, 3.05) is 27.9 Å². The Hall–Kier alpha value is -5.55. The first kappa shape index (κ1) is 29.5. The normalized spacial score (nSPS) is 14.7. The van der Waals surface area contributed by atoms with Crippen LogP contribution < -0.4 is 19.6 Å². The summed E-state index contributed by atoms with van der Waals surface area (Å²) in [5.74, 6) is -1.04. The van der Waals surface area contributed by atoms with Crippen molar-refractivity contribution in [3.63, 3.8) is 0 Å². The predicted octanol–water partition coefficient (Wildman–Crippen LogP) is 5.16. The van der Waals surface area contributed by atoms with Crippen LogP contribution in [0.3, 0.4) is 0 Å². The molecule has 0 amide bonds. The SMILES string of the molecule is COc1ccc(C2c3cc(OC)c(OC)cc3CCN2Cc2c(O)cc(O)c3c(=O)c(O)c(-c4ccc(O)c(O)c4)oc23)cc1. The number of benzene rings is 4. The maximum Gasteiger partial charge on any atom is 0.238 e. The number of phenols is 4. The quantitative estimate of drug-likeness (QED) is 0.154. The molecule has 11 nitrogen and oxygen atoms in total. The molecule has 6 rings (SSSR count). The molecule has 2 heterocycles. The van der Waals surface area contributed by atoms with Gasteiger partial charge in [0, 0.05) is 24.7 Å². The molecule has 0 fully saturated rings. The van der Waals surface area contributed by atoms with Gasteiger partial charge in [0.15, 0.2) is 34.3 Å². The Kier molecular flexibility index (Phi) is 7.55. The summed E-state index contributed by atoms with van der Waals surface area (Å²) < 4.78 is 22.6. The van der Waals surface area contributed by atoms with Gasteiger partial charge in [0.1, 0.15) is 22.6 Å². The minimum absolute atomic E-state index is 0.0705. The number of hydrogen-bond acceptors (Lipinski definition) is 11. The third-order valence-electron chi connectivity index (χ3n) is 8.21. The summed E-state index contributed by atoms with van der Waals surface area (Å²) in [7, 11) is 4.74. The summed E-state index contributed by atoms with van der Waals surface area (Å²) >= 11 is 0. The molecule has 5 aromatic rings. The molecule has 1 aromatic heterocycles. The van der Waals surface area contributed by atoms with Gasteiger partial charge in [0.2, 0.25) is 11.2 Å². The van der Waals surface area contributed by atoms with E-state index >= 15 is 0 Å². The van der Waals surface area contributed by atoms with E-state index in [0.29, 0.717) is 30.2 Å². The summed E-state index contributed by atoms with van der Waals surface area (Å²) in [4.78, 5) is 15.5. The largest absolute Gasteiger partial charge is 0.507 e. The van der Waals surface area contributed by atoms with Crippen LogP contribution in [0.5, 0.6) is 46.0 Å². The minimum Gasteiger partial charge on any atom is -0.507 e. The number of nitrogens with zero attached hydrogens (tertiary/aromatic N) is 1. The molecule has 11 heteroatoms. The highest BCUT2D eigenvalue weighted by Gasteiger charge is 2.33. The van der Waals surface area contributed by atoms with E-state index in [0.717, 1.165) is 28.8 Å². The molecular formula is C34H31NO10. The summed E-state index contributed by atoms with van der Waals surface area (Å²) in [5.41, 5.74) is 2.16. The molecule has 0 radical (unpaired) electrons. The van der Waals surface area contributed by atoms with Crippen LogP contribution in [0.25, 0.3) is 22.3 Å². The van der Waals surface area contributed by atoms with Crippen LogP contribution in [0.15, 0.2) is 69.9 Å². The Morgan fingerprint density at radius 1 is 0.800 bits per heavy atom. The van der Waals surface area contributed by atoms with E-state index < -0.39 is 28.4 Å². The standard InChI is InChI=1S/C34H31NO10/c1-42-20-7-4-17(5-8-20)30-21-14-28(44-3)27(43-2)13-18(21)10-11-35(30)16-22-24(37)15-26(39)29-31(40)32(41)33(45-34(22)29)19-6-9-23(36)25(38)12-19/h4-9,12-15,30,36-39,41H,10-11,16H2,1-3H3. The third kappa shape index (κ3) is 5.06. The molecule has 5 N–H and O–H groups in total. The highest BCUT2D eigenvalue weighted by molar-refractivity contribution is 5.91. The van der Waals surface area contributed by atoms with Crippen molar-refractivity contribution >= 4 is 11.0 Å². The molecule has 0 aliphatic carbocycles. The van der Waals surface area contributed by atoms with Crippen LogP contribution in [-0.4, -0.2) is 58.3 Å². The highest BCUT2D eigenvalue weighted by atomic mass is 16.5. The first-order valence-electron chi connectivity index (χ1n) is 14.0. The van der Waals surface area contributed by atoms with Crippen molar-refractivity contribution in [1.29, 1.82) is 0 Å². The van der Waals surface area contributed by atoms with Crippen LogP contribution in [-0.2, 0) is 13.0 Å². The molecule has 232 valence electrons. The monoisotopic (exact) mass is 613 g/mol. The Labute approximate surface area is 257 Å². The predicted molar refractivity (Wildman–Crippen MR) is 165 cm³/mol. The second kappa shape index (κ2) is 11.5. The van der Waals surface area contributed by atoms with E-state index in [-0.39, 0.29) is 46.2 Å². The minimum atomic E-state index is -0.926. The van der Waals surface area contributed by atoms with Crippen molar-refractivity contribution < 1.29 is 44.2 Å². The lowest BCUT2D eigenvalue weighted by atomic mass is 9.87. The van der Waals surface area contributed by atoms with Crippen LogP contribution in [0.2, 0.25) is 0 Å². The van der Waals surface area contributed by atoms with E-state index in [4.69, 9.17) is 18.6 Å². The van der Waals surface area contributed by atoms with Gasteiger partial charge in [-0.3, -0.25) is 9.69 Å². The van der Waals surface area contributed by atoms with Gasteiger partial charge in [-0.2, -0.15) is 0 Å². The van der Waals surface area contributed by atoms with Gasteiger partial charge < -0.3 is 44.2 Å². The lowest BCUT2D eigenvalue weighted by molar-refractivity contribution is 0.201. The van der Waals surface area contributed by atoms with Gasteiger partial charge in [-0.15, -0.1) is 0 Å². The van der Waals surface area contributed by atoms with Gasteiger partial charge in [0.25, 0.3) is 0 Å². The number of phenolic OH excluding ortho intramolecular Hbond substituents is 4. The maximum atomic E-state index is 13.4. The van der Waals surface area contributed by atoms with Gasteiger partial charge in [0.05, 0.1) is 32.9 Å². The fourth-order valence-corrected chi connectivity index (χ4v) is 5.94. The lowest BCUT2D eigenvalue weighted by Gasteiger charge is -2.38. The maximum absolute atomic E-state index is 13.4. The zero-order valence-electron chi connectivity index (χ0n) is 24.7. The second-order valence-corrected chi connectivity index (χ2v) is 10.7. The zero-order chi connectivity index (χ0) is 32.0. The number of ether oxygens (including phenoxy) is 3. The first-order valence-corrected chi connectivity index (χ1v) is 14.0. The summed E-state index contributed by atoms with van der Waals surface area (Å²) in [6.07, 6.45) is 0.627. The van der Waals surface area contributed by atoms with E-state index in [9.17, 15) is 30.3 Å². The average molecular weight is 614 g/mol. The van der Waals surface area contributed by atoms with Crippen molar-refractivity contribution in [3.8, 4) is 57.3 Å². The molecule has 1 atom stereocenters. The molecule has 0 saturated carbocycles. The Bertz CT molecular complexity index is 1980. The molecule has 1 aliphatic rings. The van der Waals surface area contributed by atoms with Crippen molar-refractivity contribution in [2.24, 2.45) is 0 Å². The van der Waals surface area contributed by atoms with E-state index in [2.05, 4.69) is 4.90 Å². The van der Waals surface area contributed by atoms with E-state index in [1.165, 1.54) is 12.1 Å². The van der Waals surface area contributed by atoms with Gasteiger partial charge in [-0.25, -0.2) is 0 Å². The fraction of sp³-hybridized carbons (Fsp3) is 0.206. The highest BCUT2D eigenvalue weighted by Crippen LogP contribution is 2.45. The molecule has 45 heavy (non-hydrogen) atoms. The third-order valence-corrected chi connectivity index (χ3v) is 8.21. The summed E-state index contributed by atoms with van der Waals surface area (Å²) in [6.45, 7) is 0.600. The van der Waals surface area contributed by atoms with Crippen LogP contribution in [0.4, 0.5) is 0 Å². The molecular weight excluding hydrogens is 582 g/mol. The van der Waals surface area contributed by atoms with Gasteiger partial charge in [-0.1, -0.05) is 12.1 Å². The molecule has 1 aliphatic heterocycles. The Balaban J connectivity index is 1.53. The number of rotatable bonds is 7. The molecule has 0 bridgehead atoms. The molecule has 4 aromatic carbocycles. The van der Waals surface area contributed by atoms with E-state index in [1.807, 2.05) is 36.4 Å². The summed E-state index contributed by atoms with van der Waals surface area (Å²) in [6, 6.07) is 15.9.